The Morgan fingerprint density at radius 3 is 2.61 bits per heavy atom. The van der Waals surface area contributed by atoms with Crippen molar-refractivity contribution in [1.82, 2.24) is 19.9 Å². The van der Waals surface area contributed by atoms with Crippen LogP contribution < -0.4 is 4.74 Å². The van der Waals surface area contributed by atoms with E-state index in [-0.39, 0.29) is 24.2 Å². The number of nitrogens with zero attached hydrogens (tertiary/aromatic N) is 4. The van der Waals surface area contributed by atoms with Gasteiger partial charge in [0.1, 0.15) is 5.75 Å². The van der Waals surface area contributed by atoms with Crippen LogP contribution in [0.25, 0.3) is 11.5 Å². The predicted molar refractivity (Wildman–Crippen MR) is 122 cm³/mol. The molecule has 2 heterocycles. The number of benzene rings is 2. The molecule has 2 aromatic carbocycles. The van der Waals surface area contributed by atoms with E-state index in [4.69, 9.17) is 9.26 Å². The Morgan fingerprint density at radius 2 is 1.91 bits per heavy atom. The molecule has 4 rings (SSSR count). The van der Waals surface area contributed by atoms with Gasteiger partial charge in [0.25, 0.3) is 5.89 Å². The lowest BCUT2D eigenvalue weighted by molar-refractivity contribution is -0.134. The van der Waals surface area contributed by atoms with Crippen molar-refractivity contribution in [2.24, 2.45) is 5.92 Å². The molecule has 1 unspecified atom stereocenters. The summed E-state index contributed by atoms with van der Waals surface area (Å²) in [6.45, 7) is 3.38. The second-order valence-electron chi connectivity index (χ2n) is 8.41. The number of carbonyl (C=O) groups is 2. The van der Waals surface area contributed by atoms with Gasteiger partial charge in [-0.15, -0.1) is 0 Å². The third kappa shape index (κ3) is 5.39. The smallest absolute Gasteiger partial charge is 0.257 e. The fraction of sp³-hybridized carbons (Fsp3) is 0.360. The van der Waals surface area contributed by atoms with Gasteiger partial charge in [0.15, 0.2) is 5.82 Å². The number of likely N-dealkylation sites (N-methyl/N-ethyl adjacent to an activating group) is 1. The number of rotatable bonds is 8. The second-order valence-corrected chi connectivity index (χ2v) is 8.41. The maximum atomic E-state index is 12.9. The minimum Gasteiger partial charge on any atom is -0.497 e. The first-order valence-corrected chi connectivity index (χ1v) is 11.0. The summed E-state index contributed by atoms with van der Waals surface area (Å²) in [6, 6.07) is 15.5. The van der Waals surface area contributed by atoms with Gasteiger partial charge in [0, 0.05) is 45.1 Å². The molecule has 0 bridgehead atoms. The lowest BCUT2D eigenvalue weighted by Crippen LogP contribution is -2.36. The number of carbonyl (C=O) groups excluding carboxylic acids is 2. The highest BCUT2D eigenvalue weighted by Gasteiger charge is 2.35. The molecule has 0 spiro atoms. The average Bonchev–Trinajstić information content (AvgIpc) is 3.45. The number of aryl methyl sites for hydroxylation is 1. The maximum absolute atomic E-state index is 12.9. The topological polar surface area (TPSA) is 88.8 Å². The molecular formula is C25H28N4O4. The van der Waals surface area contributed by atoms with Crippen LogP contribution in [0, 0.1) is 12.8 Å². The van der Waals surface area contributed by atoms with Gasteiger partial charge >= 0.3 is 0 Å². The average molecular weight is 449 g/mol. The van der Waals surface area contributed by atoms with Crippen molar-refractivity contribution in [3.63, 3.8) is 0 Å². The Bertz CT molecular complexity index is 1110. The summed E-state index contributed by atoms with van der Waals surface area (Å²) in [4.78, 5) is 33.2. The van der Waals surface area contributed by atoms with E-state index in [0.717, 1.165) is 22.4 Å². The van der Waals surface area contributed by atoms with Gasteiger partial charge in [0.2, 0.25) is 11.8 Å². The maximum Gasteiger partial charge on any atom is 0.257 e. The first-order valence-electron chi connectivity index (χ1n) is 11.0. The zero-order valence-corrected chi connectivity index (χ0v) is 19.2. The summed E-state index contributed by atoms with van der Waals surface area (Å²) in [5.74, 6) is 1.41. The van der Waals surface area contributed by atoms with Crippen molar-refractivity contribution < 1.29 is 18.8 Å². The van der Waals surface area contributed by atoms with E-state index >= 15 is 0 Å². The van der Waals surface area contributed by atoms with Crippen LogP contribution in [0.3, 0.4) is 0 Å². The van der Waals surface area contributed by atoms with Gasteiger partial charge in [-0.2, -0.15) is 4.98 Å². The Kier molecular flexibility index (Phi) is 6.72. The Morgan fingerprint density at radius 1 is 1.18 bits per heavy atom. The summed E-state index contributed by atoms with van der Waals surface area (Å²) >= 11 is 0. The number of aromatic nitrogens is 2. The lowest BCUT2D eigenvalue weighted by atomic mass is 10.1. The van der Waals surface area contributed by atoms with Crippen LogP contribution in [0.4, 0.5) is 0 Å². The van der Waals surface area contributed by atoms with E-state index in [1.165, 1.54) is 0 Å². The van der Waals surface area contributed by atoms with Crippen molar-refractivity contribution in [1.29, 1.82) is 0 Å². The second kappa shape index (κ2) is 9.85. The molecule has 3 aromatic rings. The van der Waals surface area contributed by atoms with Crippen LogP contribution in [0.2, 0.25) is 0 Å². The van der Waals surface area contributed by atoms with E-state index < -0.39 is 0 Å². The largest absolute Gasteiger partial charge is 0.497 e. The minimum atomic E-state index is -0.339. The number of amides is 2. The van der Waals surface area contributed by atoms with E-state index in [1.807, 2.05) is 55.5 Å². The summed E-state index contributed by atoms with van der Waals surface area (Å²) < 4.78 is 10.5. The standard InChI is InChI=1S/C25H28N4O4/c1-17-4-8-19(9-5-17)24-26-22(27-33-24)12-13-28(2)25(31)20-14-23(30)29(16-20)15-18-6-10-21(32-3)11-7-18/h4-11,20H,12-16H2,1-3H3. The summed E-state index contributed by atoms with van der Waals surface area (Å²) in [5.41, 5.74) is 3.03. The predicted octanol–water partition coefficient (Wildman–Crippen LogP) is 3.10. The monoisotopic (exact) mass is 448 g/mol. The molecule has 8 nitrogen and oxygen atoms in total. The molecule has 0 radical (unpaired) electrons. The van der Waals surface area contributed by atoms with Crippen LogP contribution in [0.5, 0.6) is 5.75 Å². The molecule has 33 heavy (non-hydrogen) atoms. The van der Waals surface area contributed by atoms with Crippen molar-refractivity contribution in [3.05, 3.63) is 65.5 Å². The van der Waals surface area contributed by atoms with E-state index in [9.17, 15) is 9.59 Å². The van der Waals surface area contributed by atoms with Crippen molar-refractivity contribution in [2.45, 2.75) is 26.3 Å². The minimum absolute atomic E-state index is 0.00141. The van der Waals surface area contributed by atoms with Gasteiger partial charge in [-0.1, -0.05) is 35.0 Å². The third-order valence-electron chi connectivity index (χ3n) is 5.91. The lowest BCUT2D eigenvalue weighted by Gasteiger charge is -2.21. The fourth-order valence-corrected chi connectivity index (χ4v) is 3.90. The van der Waals surface area contributed by atoms with Crippen molar-refractivity contribution in [3.8, 4) is 17.2 Å². The quantitative estimate of drug-likeness (QED) is 0.526. The van der Waals surface area contributed by atoms with Crippen molar-refractivity contribution in [2.75, 3.05) is 27.2 Å². The molecule has 1 saturated heterocycles. The first kappa shape index (κ1) is 22.5. The number of methoxy groups -OCH3 is 1. The van der Waals surface area contributed by atoms with Crippen LogP contribution in [-0.2, 0) is 22.6 Å². The Labute approximate surface area is 193 Å². The van der Waals surface area contributed by atoms with Crippen LogP contribution >= 0.6 is 0 Å². The molecule has 1 atom stereocenters. The van der Waals surface area contributed by atoms with Crippen LogP contribution in [0.15, 0.2) is 53.1 Å². The first-order chi connectivity index (χ1) is 15.9. The molecule has 1 aliphatic heterocycles. The third-order valence-corrected chi connectivity index (χ3v) is 5.91. The number of hydrogen-bond acceptors (Lipinski definition) is 6. The highest BCUT2D eigenvalue weighted by Crippen LogP contribution is 2.23. The zero-order valence-electron chi connectivity index (χ0n) is 19.2. The molecule has 1 fully saturated rings. The van der Waals surface area contributed by atoms with Gasteiger partial charge in [-0.25, -0.2) is 0 Å². The Hall–Kier alpha value is -3.68. The molecule has 172 valence electrons. The molecular weight excluding hydrogens is 420 g/mol. The molecule has 2 amide bonds. The fourth-order valence-electron chi connectivity index (χ4n) is 3.90. The van der Waals surface area contributed by atoms with Gasteiger partial charge in [0.05, 0.1) is 13.0 Å². The van der Waals surface area contributed by atoms with Crippen molar-refractivity contribution >= 4 is 11.8 Å². The molecule has 0 N–H and O–H groups in total. The SMILES string of the molecule is COc1ccc(CN2CC(C(=O)N(C)CCc3noc(-c4ccc(C)cc4)n3)CC2=O)cc1. The molecule has 8 heteroatoms. The molecule has 1 aliphatic rings. The van der Waals surface area contributed by atoms with Gasteiger partial charge in [-0.05, 0) is 36.8 Å². The zero-order chi connectivity index (χ0) is 23.4. The molecule has 0 aliphatic carbocycles. The number of hydrogen-bond donors (Lipinski definition) is 0. The van der Waals surface area contributed by atoms with Crippen LogP contribution in [-0.4, -0.2) is 59.0 Å². The highest BCUT2D eigenvalue weighted by atomic mass is 16.5. The van der Waals surface area contributed by atoms with Crippen LogP contribution in [0.1, 0.15) is 23.4 Å². The number of ether oxygens (including phenoxy) is 1. The van der Waals surface area contributed by atoms with Gasteiger partial charge in [-0.3, -0.25) is 9.59 Å². The number of likely N-dealkylation sites (tertiary alicyclic amines) is 1. The van der Waals surface area contributed by atoms with E-state index in [1.54, 1.807) is 24.0 Å². The Balaban J connectivity index is 1.29. The van der Waals surface area contributed by atoms with Gasteiger partial charge < -0.3 is 19.1 Å². The molecule has 0 saturated carbocycles. The highest BCUT2D eigenvalue weighted by molar-refractivity contribution is 5.89. The normalized spacial score (nSPS) is 15.7. The summed E-state index contributed by atoms with van der Waals surface area (Å²) in [7, 11) is 3.37. The molecule has 1 aromatic heterocycles. The van der Waals surface area contributed by atoms with E-state index in [0.29, 0.717) is 37.8 Å². The summed E-state index contributed by atoms with van der Waals surface area (Å²) in [5, 5.41) is 4.03. The summed E-state index contributed by atoms with van der Waals surface area (Å²) in [6.07, 6.45) is 0.715. The van der Waals surface area contributed by atoms with E-state index in [2.05, 4.69) is 10.1 Å².